The van der Waals surface area contributed by atoms with Crippen molar-refractivity contribution in [2.75, 3.05) is 40.0 Å². The molecule has 0 aromatic heterocycles. The second kappa shape index (κ2) is 9.47. The number of hydrogen-bond donors (Lipinski definition) is 0. The van der Waals surface area contributed by atoms with Gasteiger partial charge < -0.3 is 9.47 Å². The maximum Gasteiger partial charge on any atom is 0.0886 e. The molecule has 4 heteroatoms. The first-order valence-corrected chi connectivity index (χ1v) is 11.8. The van der Waals surface area contributed by atoms with Crippen LogP contribution in [-0.2, 0) is 16.0 Å². The number of likely N-dealkylation sites (tertiary alicyclic amines) is 2. The lowest BCUT2D eigenvalue weighted by Gasteiger charge is -2.63. The summed E-state index contributed by atoms with van der Waals surface area (Å²) in [6, 6.07) is 7.69. The second-order valence-corrected chi connectivity index (χ2v) is 9.59. The molecule has 2 heterocycles. The summed E-state index contributed by atoms with van der Waals surface area (Å²) < 4.78 is 11.5. The zero-order valence-electron chi connectivity index (χ0n) is 18.8. The highest BCUT2D eigenvalue weighted by Gasteiger charge is 2.56. The summed E-state index contributed by atoms with van der Waals surface area (Å²) in [6.07, 6.45) is 9.81. The highest BCUT2D eigenvalue weighted by molar-refractivity contribution is 5.29. The lowest BCUT2D eigenvalue weighted by Crippen LogP contribution is -2.75. The summed E-state index contributed by atoms with van der Waals surface area (Å²) in [5, 5.41) is 0. The fourth-order valence-electron chi connectivity index (χ4n) is 5.92. The molecule has 3 aliphatic rings. The fourth-order valence-corrected chi connectivity index (χ4v) is 5.92. The van der Waals surface area contributed by atoms with E-state index in [-0.39, 0.29) is 0 Å². The molecular weight excluding hydrogens is 360 g/mol. The Labute approximate surface area is 177 Å². The van der Waals surface area contributed by atoms with Gasteiger partial charge in [-0.2, -0.15) is 0 Å². The third-order valence-electron chi connectivity index (χ3n) is 7.84. The fraction of sp³-hybridized carbons (Fsp3) is 0.760. The van der Waals surface area contributed by atoms with E-state index in [9.17, 15) is 0 Å². The van der Waals surface area contributed by atoms with Crippen LogP contribution in [-0.4, -0.2) is 67.4 Å². The zero-order chi connectivity index (χ0) is 20.3. The number of ether oxygens (including phenoxy) is 2. The van der Waals surface area contributed by atoms with Crippen molar-refractivity contribution < 1.29 is 9.47 Å². The van der Waals surface area contributed by atoms with E-state index in [0.717, 1.165) is 25.7 Å². The molecule has 1 aromatic rings. The molecule has 1 saturated carbocycles. The third kappa shape index (κ3) is 4.56. The van der Waals surface area contributed by atoms with Gasteiger partial charge in [-0.15, -0.1) is 0 Å². The van der Waals surface area contributed by atoms with Crippen molar-refractivity contribution >= 4 is 0 Å². The summed E-state index contributed by atoms with van der Waals surface area (Å²) in [6.45, 7) is 10.6. The minimum absolute atomic E-state index is 0.326. The van der Waals surface area contributed by atoms with E-state index in [1.165, 1.54) is 74.7 Å². The lowest BCUT2D eigenvalue weighted by atomic mass is 9.69. The molecule has 0 amide bonds. The van der Waals surface area contributed by atoms with Gasteiger partial charge in [0.1, 0.15) is 0 Å². The molecule has 1 atom stereocenters. The quantitative estimate of drug-likeness (QED) is 0.637. The summed E-state index contributed by atoms with van der Waals surface area (Å²) in [7, 11) is 1.76. The average Bonchev–Trinajstić information content (AvgIpc) is 2.74. The molecule has 1 aliphatic carbocycles. The van der Waals surface area contributed by atoms with Gasteiger partial charge in [0.05, 0.1) is 19.3 Å². The summed E-state index contributed by atoms with van der Waals surface area (Å²) >= 11 is 0. The van der Waals surface area contributed by atoms with E-state index in [1.807, 2.05) is 0 Å². The van der Waals surface area contributed by atoms with Crippen LogP contribution in [0.2, 0.25) is 0 Å². The molecule has 29 heavy (non-hydrogen) atoms. The summed E-state index contributed by atoms with van der Waals surface area (Å²) in [4.78, 5) is 5.51. The average molecular weight is 401 g/mol. The van der Waals surface area contributed by atoms with Crippen LogP contribution in [0.1, 0.15) is 61.6 Å². The van der Waals surface area contributed by atoms with Crippen LogP contribution in [0, 0.1) is 13.8 Å². The number of hydrogen-bond acceptors (Lipinski definition) is 4. The molecule has 2 saturated heterocycles. The van der Waals surface area contributed by atoms with Gasteiger partial charge in [-0.1, -0.05) is 37.5 Å². The van der Waals surface area contributed by atoms with Gasteiger partial charge in [0.15, 0.2) is 0 Å². The number of piperidine rings is 1. The second-order valence-electron chi connectivity index (χ2n) is 9.59. The van der Waals surface area contributed by atoms with Crippen molar-refractivity contribution in [3.05, 3.63) is 34.9 Å². The van der Waals surface area contributed by atoms with Crippen LogP contribution in [0.25, 0.3) is 0 Å². The molecule has 3 fully saturated rings. The maximum atomic E-state index is 6.28. The van der Waals surface area contributed by atoms with E-state index in [1.54, 1.807) is 7.11 Å². The van der Waals surface area contributed by atoms with Crippen molar-refractivity contribution in [3.63, 3.8) is 0 Å². The van der Waals surface area contributed by atoms with Crippen LogP contribution in [0.15, 0.2) is 18.2 Å². The van der Waals surface area contributed by atoms with Crippen molar-refractivity contribution in [1.82, 2.24) is 9.80 Å². The number of benzene rings is 1. The van der Waals surface area contributed by atoms with Crippen LogP contribution in [0.4, 0.5) is 0 Å². The van der Waals surface area contributed by atoms with Gasteiger partial charge in [-0.25, -0.2) is 0 Å². The first-order chi connectivity index (χ1) is 14.1. The van der Waals surface area contributed by atoms with Crippen LogP contribution in [0.3, 0.4) is 0 Å². The zero-order valence-corrected chi connectivity index (χ0v) is 18.8. The highest BCUT2D eigenvalue weighted by atomic mass is 16.5. The highest BCUT2D eigenvalue weighted by Crippen LogP contribution is 2.47. The molecule has 4 rings (SSSR count). The van der Waals surface area contributed by atoms with E-state index < -0.39 is 0 Å². The Hall–Kier alpha value is -0.940. The normalized spacial score (nSPS) is 26.0. The van der Waals surface area contributed by atoms with Crippen LogP contribution < -0.4 is 0 Å². The largest absolute Gasteiger partial charge is 0.382 e. The molecule has 0 bridgehead atoms. The summed E-state index contributed by atoms with van der Waals surface area (Å²) in [5.74, 6) is 0. The minimum Gasteiger partial charge on any atom is -0.382 e. The first-order valence-electron chi connectivity index (χ1n) is 11.8. The monoisotopic (exact) mass is 400 g/mol. The number of methoxy groups -OCH3 is 1. The summed E-state index contributed by atoms with van der Waals surface area (Å²) in [5.41, 5.74) is 4.60. The van der Waals surface area contributed by atoms with Crippen molar-refractivity contribution in [2.45, 2.75) is 83.0 Å². The molecule has 162 valence electrons. The SMILES string of the molecule is COCCOC1CN(C2CCN(Cc3ccc(C)c(C)c3)CC2)C12CCCCC2. The van der Waals surface area contributed by atoms with Crippen LogP contribution >= 0.6 is 0 Å². The topological polar surface area (TPSA) is 24.9 Å². The Morgan fingerprint density at radius 3 is 2.45 bits per heavy atom. The first kappa shape index (κ1) is 21.3. The van der Waals surface area contributed by atoms with E-state index in [4.69, 9.17) is 9.47 Å². The Morgan fingerprint density at radius 2 is 1.76 bits per heavy atom. The van der Waals surface area contributed by atoms with Gasteiger partial charge in [0.25, 0.3) is 0 Å². The molecular formula is C25H40N2O2. The minimum atomic E-state index is 0.326. The van der Waals surface area contributed by atoms with E-state index in [0.29, 0.717) is 18.2 Å². The predicted molar refractivity (Wildman–Crippen MR) is 118 cm³/mol. The van der Waals surface area contributed by atoms with Crippen molar-refractivity contribution in [1.29, 1.82) is 0 Å². The van der Waals surface area contributed by atoms with Gasteiger partial charge in [-0.3, -0.25) is 9.80 Å². The van der Waals surface area contributed by atoms with Crippen LogP contribution in [0.5, 0.6) is 0 Å². The Bertz CT molecular complexity index is 663. The molecule has 0 radical (unpaired) electrons. The van der Waals surface area contributed by atoms with Gasteiger partial charge in [0, 0.05) is 31.8 Å². The lowest BCUT2D eigenvalue weighted by molar-refractivity contribution is -0.204. The van der Waals surface area contributed by atoms with Crippen molar-refractivity contribution in [2.24, 2.45) is 0 Å². The molecule has 1 aromatic carbocycles. The number of nitrogens with zero attached hydrogens (tertiary/aromatic N) is 2. The van der Waals surface area contributed by atoms with E-state index in [2.05, 4.69) is 41.8 Å². The molecule has 2 aliphatic heterocycles. The molecule has 4 nitrogen and oxygen atoms in total. The van der Waals surface area contributed by atoms with E-state index >= 15 is 0 Å². The molecule has 1 spiro atoms. The Morgan fingerprint density at radius 1 is 1.00 bits per heavy atom. The maximum absolute atomic E-state index is 6.28. The number of rotatable bonds is 7. The predicted octanol–water partition coefficient (Wildman–Crippen LogP) is 4.32. The third-order valence-corrected chi connectivity index (χ3v) is 7.84. The standard InChI is InChI=1S/C25H40N2O2/c1-20-7-8-22(17-21(20)2)18-26-13-9-23(10-14-26)27-19-24(29-16-15-28-3)25(27)11-5-4-6-12-25/h7-8,17,23-24H,4-6,9-16,18-19H2,1-3H3. The van der Waals surface area contributed by atoms with Crippen molar-refractivity contribution in [3.8, 4) is 0 Å². The Kier molecular flexibility index (Phi) is 6.95. The van der Waals surface area contributed by atoms with Gasteiger partial charge >= 0.3 is 0 Å². The molecule has 1 unspecified atom stereocenters. The Balaban J connectivity index is 1.32. The smallest absolute Gasteiger partial charge is 0.0886 e. The molecule has 0 N–H and O–H groups in total. The number of aryl methyl sites for hydroxylation is 2. The van der Waals surface area contributed by atoms with Gasteiger partial charge in [0.2, 0.25) is 0 Å². The van der Waals surface area contributed by atoms with Gasteiger partial charge in [-0.05, 0) is 69.3 Å².